The Morgan fingerprint density at radius 3 is 1.79 bits per heavy atom. The Balaban J connectivity index is 0.000000186. The van der Waals surface area contributed by atoms with E-state index < -0.39 is 23.6 Å². The Labute approximate surface area is 293 Å². The molecule has 4 aromatic rings. The first-order valence-electron chi connectivity index (χ1n) is 13.7. The number of hydrogen-bond acceptors (Lipinski definition) is 5. The van der Waals surface area contributed by atoms with Crippen LogP contribution in [0.2, 0.25) is 0 Å². The van der Waals surface area contributed by atoms with Gasteiger partial charge in [-0.3, -0.25) is 30.0 Å². The monoisotopic (exact) mass is 866 g/mol. The first-order valence-corrected chi connectivity index (χ1v) is 15.9. The van der Waals surface area contributed by atoms with Crippen LogP contribution in [0.15, 0.2) is 94.6 Å². The van der Waals surface area contributed by atoms with Crippen LogP contribution in [0, 0.1) is 21.0 Å². The molecule has 2 aliphatic heterocycles. The highest BCUT2D eigenvalue weighted by Gasteiger charge is 2.37. The van der Waals surface area contributed by atoms with Crippen molar-refractivity contribution in [2.24, 2.45) is 0 Å². The van der Waals surface area contributed by atoms with E-state index in [1.54, 1.807) is 25.1 Å². The number of hydrogen-bond donors (Lipinski definition) is 2. The lowest BCUT2D eigenvalue weighted by atomic mass is 10.1. The molecule has 6 rings (SSSR count). The molecule has 0 spiro atoms. The number of benzene rings is 3. The van der Waals surface area contributed by atoms with Crippen molar-refractivity contribution in [3.8, 4) is 0 Å². The number of nitrogens with one attached hydrogen (secondary N) is 2. The number of alkyl halides is 3. The molecule has 0 saturated carbocycles. The summed E-state index contributed by atoms with van der Waals surface area (Å²) in [6, 6.07) is 19.1. The maximum absolute atomic E-state index is 12.8. The number of rotatable bonds is 4. The fourth-order valence-corrected chi connectivity index (χ4v) is 5.13. The summed E-state index contributed by atoms with van der Waals surface area (Å²) in [4.78, 5) is 49.0. The molecule has 2 N–H and O–H groups in total. The molecule has 0 atom stereocenters. The Morgan fingerprint density at radius 1 is 0.723 bits per heavy atom. The number of carbonyl (C=O) groups excluding carboxylic acids is 4. The van der Waals surface area contributed by atoms with Gasteiger partial charge in [-0.25, -0.2) is 10.0 Å². The summed E-state index contributed by atoms with van der Waals surface area (Å²) in [5.41, 5.74) is 6.88. The van der Waals surface area contributed by atoms with Gasteiger partial charge in [-0.15, -0.1) is 0 Å². The van der Waals surface area contributed by atoms with E-state index in [4.69, 9.17) is 4.42 Å². The molecule has 3 aromatic carbocycles. The van der Waals surface area contributed by atoms with Gasteiger partial charge in [0.05, 0.1) is 23.2 Å². The van der Waals surface area contributed by atoms with Gasteiger partial charge in [-0.1, -0.05) is 18.2 Å². The number of amides is 4. The van der Waals surface area contributed by atoms with Crippen LogP contribution in [0.5, 0.6) is 0 Å². The Morgan fingerprint density at radius 2 is 1.26 bits per heavy atom. The number of nitrogens with zero attached hydrogens (tertiary/aromatic N) is 2. The van der Waals surface area contributed by atoms with Gasteiger partial charge in [0.2, 0.25) is 0 Å². The zero-order valence-corrected chi connectivity index (χ0v) is 28.8. The molecule has 47 heavy (non-hydrogen) atoms. The second-order valence-electron chi connectivity index (χ2n) is 10.3. The van der Waals surface area contributed by atoms with Crippen molar-refractivity contribution in [3.63, 3.8) is 0 Å². The van der Waals surface area contributed by atoms with Crippen molar-refractivity contribution in [1.82, 2.24) is 10.9 Å². The smallest absolute Gasteiger partial charge is 0.416 e. The summed E-state index contributed by atoms with van der Waals surface area (Å²) in [6.07, 6.45) is -0.165. The van der Waals surface area contributed by atoms with Crippen LogP contribution < -0.4 is 20.9 Å². The number of furan rings is 1. The van der Waals surface area contributed by atoms with E-state index in [-0.39, 0.29) is 28.6 Å². The molecule has 0 bridgehead atoms. The topological polar surface area (TPSA) is 112 Å². The molecular formula is C33H23F3I2N4O5. The molecule has 0 aliphatic carbocycles. The highest BCUT2D eigenvalue weighted by molar-refractivity contribution is 14.1. The van der Waals surface area contributed by atoms with Gasteiger partial charge >= 0.3 is 6.18 Å². The lowest BCUT2D eigenvalue weighted by molar-refractivity contribution is -0.137. The molecule has 4 amide bonds. The van der Waals surface area contributed by atoms with Crippen molar-refractivity contribution in [2.45, 2.75) is 20.0 Å². The second kappa shape index (κ2) is 13.7. The third-order valence-electron chi connectivity index (χ3n) is 7.08. The molecule has 14 heteroatoms. The van der Waals surface area contributed by atoms with Gasteiger partial charge < -0.3 is 4.42 Å². The summed E-state index contributed by atoms with van der Waals surface area (Å²) in [6.45, 7) is 3.58. The SMILES string of the molecule is Cc1coc(C=C2C(=O)NN(c3cccc(C(F)(F)F)c3)C2=O)c1C.O=C1NN(c2ccc(I)cc2)C(=O)C1=Cc1ccc(I)cc1. The molecule has 1 aromatic heterocycles. The quantitative estimate of drug-likeness (QED) is 0.134. The van der Waals surface area contributed by atoms with Gasteiger partial charge in [0.25, 0.3) is 23.6 Å². The summed E-state index contributed by atoms with van der Waals surface area (Å²) in [5.74, 6) is -1.85. The largest absolute Gasteiger partial charge is 0.464 e. The first-order chi connectivity index (χ1) is 22.2. The minimum Gasteiger partial charge on any atom is -0.464 e. The molecule has 240 valence electrons. The van der Waals surface area contributed by atoms with Gasteiger partial charge in [0.1, 0.15) is 16.9 Å². The fraction of sp³-hybridized carbons (Fsp3) is 0.0909. The summed E-state index contributed by atoms with van der Waals surface area (Å²) >= 11 is 4.40. The van der Waals surface area contributed by atoms with Crippen LogP contribution >= 0.6 is 45.2 Å². The number of hydrazine groups is 2. The van der Waals surface area contributed by atoms with Gasteiger partial charge in [0, 0.05) is 7.14 Å². The molecule has 2 fully saturated rings. The molecule has 3 heterocycles. The minimum absolute atomic E-state index is 0.0797. The highest BCUT2D eigenvalue weighted by atomic mass is 127. The predicted octanol–water partition coefficient (Wildman–Crippen LogP) is 6.73. The minimum atomic E-state index is -4.55. The summed E-state index contributed by atoms with van der Waals surface area (Å²) < 4.78 is 45.9. The van der Waals surface area contributed by atoms with E-state index in [0.29, 0.717) is 11.4 Å². The average molecular weight is 866 g/mol. The van der Waals surface area contributed by atoms with Gasteiger partial charge in [-0.05, 0) is 142 Å². The van der Waals surface area contributed by atoms with Crippen LogP contribution in [0.25, 0.3) is 12.2 Å². The average Bonchev–Trinajstić information content (AvgIpc) is 3.62. The first kappa shape index (κ1) is 33.9. The number of carbonyl (C=O) groups is 4. The Kier molecular flexibility index (Phi) is 9.90. The second-order valence-corrected chi connectivity index (χ2v) is 12.8. The molecular weight excluding hydrogens is 843 g/mol. The van der Waals surface area contributed by atoms with Crippen LogP contribution in [0.3, 0.4) is 0 Å². The van der Waals surface area contributed by atoms with Gasteiger partial charge in [0.15, 0.2) is 0 Å². The molecule has 9 nitrogen and oxygen atoms in total. The van der Waals surface area contributed by atoms with E-state index in [2.05, 4.69) is 56.0 Å². The van der Waals surface area contributed by atoms with E-state index in [1.807, 2.05) is 43.3 Å². The Bertz CT molecular complexity index is 1950. The summed E-state index contributed by atoms with van der Waals surface area (Å²) in [5, 5.41) is 2.06. The predicted molar refractivity (Wildman–Crippen MR) is 185 cm³/mol. The lowest BCUT2D eigenvalue weighted by Crippen LogP contribution is -2.35. The third-order valence-corrected chi connectivity index (χ3v) is 8.52. The summed E-state index contributed by atoms with van der Waals surface area (Å²) in [7, 11) is 0. The van der Waals surface area contributed by atoms with E-state index in [0.717, 1.165) is 41.0 Å². The fourth-order valence-electron chi connectivity index (χ4n) is 4.41. The van der Waals surface area contributed by atoms with Crippen LogP contribution in [-0.2, 0) is 25.4 Å². The molecule has 0 unspecified atom stereocenters. The van der Waals surface area contributed by atoms with Crippen LogP contribution in [-0.4, -0.2) is 23.6 Å². The van der Waals surface area contributed by atoms with Crippen molar-refractivity contribution in [2.75, 3.05) is 10.0 Å². The van der Waals surface area contributed by atoms with Crippen LogP contribution in [0.1, 0.15) is 28.0 Å². The maximum atomic E-state index is 12.8. The lowest BCUT2D eigenvalue weighted by Gasteiger charge is -2.16. The zero-order valence-electron chi connectivity index (χ0n) is 24.5. The zero-order chi connectivity index (χ0) is 34.0. The number of aryl methyl sites for hydroxylation is 1. The van der Waals surface area contributed by atoms with E-state index in [1.165, 1.54) is 29.5 Å². The van der Waals surface area contributed by atoms with E-state index >= 15 is 0 Å². The normalized spacial score (nSPS) is 16.5. The number of halogens is 5. The molecule has 2 aliphatic rings. The van der Waals surface area contributed by atoms with Crippen molar-refractivity contribution in [3.05, 3.63) is 125 Å². The highest BCUT2D eigenvalue weighted by Crippen LogP contribution is 2.32. The maximum Gasteiger partial charge on any atom is 0.416 e. The van der Waals surface area contributed by atoms with Gasteiger partial charge in [-0.2, -0.15) is 13.2 Å². The Hall–Kier alpha value is -4.45. The third kappa shape index (κ3) is 7.59. The van der Waals surface area contributed by atoms with Crippen molar-refractivity contribution >= 4 is 92.3 Å². The standard InChI is InChI=1S/C17H13F3N2O3.C16H10I2N2O2/c1-9-8-25-14(10(9)2)7-13-15(23)21-22(16(13)24)12-5-3-4-11(6-12)17(18,19)20;17-11-3-1-10(2-4-11)9-14-15(21)19-20(16(14)22)13-7-5-12(18)6-8-13/h3-8H,1-2H3,(H,21,23);1-9H,(H,19,21). The van der Waals surface area contributed by atoms with Crippen molar-refractivity contribution < 1.29 is 36.8 Å². The van der Waals surface area contributed by atoms with Crippen LogP contribution in [0.4, 0.5) is 24.5 Å². The molecule has 2 saturated heterocycles. The molecule has 0 radical (unpaired) electrons. The van der Waals surface area contributed by atoms with Crippen molar-refractivity contribution in [1.29, 1.82) is 0 Å². The van der Waals surface area contributed by atoms with E-state index in [9.17, 15) is 32.3 Å². The number of anilines is 2.